The maximum absolute atomic E-state index is 15.4. The van der Waals surface area contributed by atoms with Crippen molar-refractivity contribution in [2.75, 3.05) is 135 Å². The highest BCUT2D eigenvalue weighted by molar-refractivity contribution is 5.81. The van der Waals surface area contributed by atoms with Gasteiger partial charge in [-0.2, -0.15) is 0 Å². The Balaban J connectivity index is 4.08. The lowest BCUT2D eigenvalue weighted by Gasteiger charge is -2.37. The highest BCUT2D eigenvalue weighted by atomic mass is 16.6. The molecule has 76 heavy (non-hydrogen) atoms. The number of nitrogens with two attached hydrogens (primary N) is 1. The first-order valence-corrected chi connectivity index (χ1v) is 27.4. The number of carbonyl (C=O) groups excluding carboxylic acids is 7. The van der Waals surface area contributed by atoms with Crippen molar-refractivity contribution in [1.82, 2.24) is 5.32 Å². The lowest BCUT2D eigenvalue weighted by Crippen LogP contribution is -2.60. The number of primary amides is 1. The Morgan fingerprint density at radius 1 is 0.605 bits per heavy atom. The van der Waals surface area contributed by atoms with E-state index in [1.54, 1.807) is 34.6 Å². The van der Waals surface area contributed by atoms with Crippen molar-refractivity contribution < 1.29 is 85.3 Å². The van der Waals surface area contributed by atoms with E-state index in [4.69, 9.17) is 38.9 Å². The van der Waals surface area contributed by atoms with Gasteiger partial charge in [0.25, 0.3) is 0 Å². The quantitative estimate of drug-likeness (QED) is 0.0310. The summed E-state index contributed by atoms with van der Waals surface area (Å²) >= 11 is 0. The summed E-state index contributed by atoms with van der Waals surface area (Å²) < 4.78 is 41.3. The third-order valence-electron chi connectivity index (χ3n) is 13.8. The molecule has 0 aliphatic carbocycles. The maximum atomic E-state index is 15.4. The van der Waals surface area contributed by atoms with Crippen molar-refractivity contribution in [1.29, 1.82) is 0 Å². The second-order valence-electron chi connectivity index (χ2n) is 22.1. The predicted octanol–water partition coefficient (Wildman–Crippen LogP) is 3.88. The molecule has 0 aliphatic rings. The predicted molar refractivity (Wildman–Crippen MR) is 285 cm³/mol. The number of nitrogens with one attached hydrogen (secondary N) is 1. The third kappa shape index (κ3) is 28.6. The zero-order valence-corrected chi connectivity index (χ0v) is 48.7. The van der Waals surface area contributed by atoms with Crippen molar-refractivity contribution >= 4 is 41.7 Å². The van der Waals surface area contributed by atoms with Gasteiger partial charge in [-0.3, -0.25) is 33.3 Å². The molecule has 1 aromatic carbocycles. The first-order chi connectivity index (χ1) is 35.7. The zero-order valence-electron chi connectivity index (χ0n) is 48.7. The van der Waals surface area contributed by atoms with Crippen LogP contribution < -0.4 is 16.2 Å². The molecule has 0 aliphatic heterocycles. The SMILES string of the molecule is CCC[N+](C)(C)CC[N+](C)(C)Cc1ccc(C(CC(C)C(=O)OC[N+](C)(C)CC)CC(CC(CC(CC)C(N)=O)C(=O)[O-])C(=O)NC(COCCC(=O)OCC)(COCCC(=O)OCC)COCCC(=O)OCC)cc1. The van der Waals surface area contributed by atoms with Crippen LogP contribution in [0.15, 0.2) is 24.3 Å². The Labute approximate surface area is 454 Å². The molecule has 1 rings (SSSR count). The van der Waals surface area contributed by atoms with E-state index in [0.29, 0.717) is 4.48 Å². The molecule has 5 unspecified atom stereocenters. The average molecular weight is 1080 g/mol. The molecule has 1 aromatic rings. The number of quaternary nitrogens is 3. The normalized spacial score (nSPS) is 14.2. The summed E-state index contributed by atoms with van der Waals surface area (Å²) in [6.45, 7) is 16.5. The van der Waals surface area contributed by atoms with Crippen molar-refractivity contribution in [2.45, 2.75) is 124 Å². The number of likely N-dealkylation sites (N-methyl/N-ethyl adjacent to an activating group) is 2. The molecule has 0 heterocycles. The summed E-state index contributed by atoms with van der Waals surface area (Å²) in [5, 5.41) is 16.2. The minimum absolute atomic E-state index is 0.0235. The summed E-state index contributed by atoms with van der Waals surface area (Å²) in [5.74, 6) is -9.21. The molecule has 2 amide bonds. The average Bonchev–Trinajstić information content (AvgIpc) is 3.35. The number of carbonyl (C=O) groups is 7. The fourth-order valence-corrected chi connectivity index (χ4v) is 8.77. The number of nitrogens with zero attached hydrogens (tertiary/aromatic N) is 3. The Bertz CT molecular complexity index is 1850. The molecule has 0 spiro atoms. The number of benzene rings is 1. The number of hydrogen-bond acceptors (Lipinski definition) is 15. The van der Waals surface area contributed by atoms with E-state index in [9.17, 15) is 33.9 Å². The van der Waals surface area contributed by atoms with Gasteiger partial charge in [0.15, 0.2) is 0 Å². The molecule has 0 saturated heterocycles. The first-order valence-electron chi connectivity index (χ1n) is 27.4. The molecule has 20 nitrogen and oxygen atoms in total. The Morgan fingerprint density at radius 2 is 1.08 bits per heavy atom. The van der Waals surface area contributed by atoms with Gasteiger partial charge in [0.05, 0.1) is 140 Å². The lowest BCUT2D eigenvalue weighted by molar-refractivity contribution is -0.952. The molecule has 0 saturated carbocycles. The van der Waals surface area contributed by atoms with E-state index < -0.39 is 76.8 Å². The van der Waals surface area contributed by atoms with Gasteiger partial charge in [0.1, 0.15) is 25.2 Å². The monoisotopic (exact) mass is 1080 g/mol. The minimum atomic E-state index is -1.57. The van der Waals surface area contributed by atoms with E-state index in [2.05, 4.69) is 52.6 Å². The molecule has 0 fully saturated rings. The van der Waals surface area contributed by atoms with Crippen molar-refractivity contribution in [3.8, 4) is 0 Å². The van der Waals surface area contributed by atoms with Crippen LogP contribution >= 0.6 is 0 Å². The maximum Gasteiger partial charge on any atom is 0.312 e. The van der Waals surface area contributed by atoms with Gasteiger partial charge in [-0.25, -0.2) is 0 Å². The Hall–Kier alpha value is -4.73. The number of aliphatic carboxylic acids is 1. The number of carboxylic acid groups (broad SMARTS) is 1. The van der Waals surface area contributed by atoms with Crippen molar-refractivity contribution in [3.05, 3.63) is 35.4 Å². The van der Waals surface area contributed by atoms with Gasteiger partial charge < -0.3 is 63.1 Å². The Kier molecular flexibility index (Phi) is 32.5. The largest absolute Gasteiger partial charge is 0.550 e. The number of carboxylic acids is 1. The van der Waals surface area contributed by atoms with E-state index in [1.807, 2.05) is 33.2 Å². The van der Waals surface area contributed by atoms with Gasteiger partial charge in [-0.05, 0) is 77.7 Å². The summed E-state index contributed by atoms with van der Waals surface area (Å²) in [7, 11) is 12.8. The number of hydrogen-bond donors (Lipinski definition) is 2. The summed E-state index contributed by atoms with van der Waals surface area (Å²) in [4.78, 5) is 91.9. The van der Waals surface area contributed by atoms with Crippen LogP contribution in [0.5, 0.6) is 0 Å². The highest BCUT2D eigenvalue weighted by Gasteiger charge is 2.39. The smallest absolute Gasteiger partial charge is 0.312 e. The third-order valence-corrected chi connectivity index (χ3v) is 13.8. The van der Waals surface area contributed by atoms with Crippen LogP contribution in [0.3, 0.4) is 0 Å². The van der Waals surface area contributed by atoms with Gasteiger partial charge in [-0.1, -0.05) is 45.0 Å². The van der Waals surface area contributed by atoms with Crippen LogP contribution in [0, 0.1) is 23.7 Å². The number of ether oxygens (including phenoxy) is 7. The Morgan fingerprint density at radius 3 is 1.50 bits per heavy atom. The van der Waals surface area contributed by atoms with E-state index in [0.717, 1.165) is 59.2 Å². The number of amides is 2. The van der Waals surface area contributed by atoms with Gasteiger partial charge >= 0.3 is 23.9 Å². The van der Waals surface area contributed by atoms with Crippen molar-refractivity contribution in [2.24, 2.45) is 29.4 Å². The first kappa shape index (κ1) is 69.3. The second kappa shape index (κ2) is 35.6. The zero-order chi connectivity index (χ0) is 57.5. The molecular weight excluding hydrogens is 983 g/mol. The lowest BCUT2D eigenvalue weighted by atomic mass is 9.77. The van der Waals surface area contributed by atoms with E-state index >= 15 is 4.79 Å². The van der Waals surface area contributed by atoms with Gasteiger partial charge in [-0.15, -0.1) is 0 Å². The van der Waals surface area contributed by atoms with Gasteiger partial charge in [0, 0.05) is 29.3 Å². The fourth-order valence-electron chi connectivity index (χ4n) is 8.77. The van der Waals surface area contributed by atoms with Crippen LogP contribution in [0.1, 0.15) is 123 Å². The highest BCUT2D eigenvalue weighted by Crippen LogP contribution is 2.36. The molecule has 0 bridgehead atoms. The molecule has 20 heteroatoms. The molecule has 436 valence electrons. The molecular formula is C56H99N5O15+2. The topological polar surface area (TPSA) is 245 Å². The molecule has 3 N–H and O–H groups in total. The van der Waals surface area contributed by atoms with Crippen LogP contribution in [0.4, 0.5) is 0 Å². The van der Waals surface area contributed by atoms with Crippen LogP contribution in [-0.4, -0.2) is 195 Å². The molecule has 0 aromatic heterocycles. The summed E-state index contributed by atoms with van der Waals surface area (Å²) in [6.07, 6.45) is 0.736. The second-order valence-corrected chi connectivity index (χ2v) is 22.1. The summed E-state index contributed by atoms with van der Waals surface area (Å²) in [6, 6.07) is 8.09. The van der Waals surface area contributed by atoms with Crippen LogP contribution in [0.25, 0.3) is 0 Å². The summed E-state index contributed by atoms with van der Waals surface area (Å²) in [5.41, 5.74) is 6.06. The van der Waals surface area contributed by atoms with E-state index in [1.165, 1.54) is 0 Å². The van der Waals surface area contributed by atoms with Crippen LogP contribution in [0.2, 0.25) is 0 Å². The van der Waals surface area contributed by atoms with Gasteiger partial charge in [0.2, 0.25) is 18.5 Å². The number of esters is 4. The number of rotatable bonds is 43. The van der Waals surface area contributed by atoms with E-state index in [-0.39, 0.29) is 118 Å². The fraction of sp³-hybridized carbons (Fsp3) is 0.768. The standard InChI is InChI=1S/C56H97N5O15/c1-14-27-60(10,11)28-29-61(12,13)37-43-20-22-45(23-21-43)46(33-42(7)55(69)76-41-59(8,9)16-3)35-47(36-48(54(67)68)34-44(15-2)52(57)65)53(66)58-56(38-70-30-24-49(62)73-17-4,39-71-31-25-50(63)74-18-5)40-72-32-26-51(64)75-19-6/h20-23,42,44,46-48H,14-19,24-41H2,1-13H3,(H-3,57,58,65,66,67,68)/p+2. The van der Waals surface area contributed by atoms with Crippen molar-refractivity contribution in [3.63, 3.8) is 0 Å². The molecule has 5 atom stereocenters. The van der Waals surface area contributed by atoms with Crippen LogP contribution in [-0.2, 0) is 73.3 Å². The molecule has 0 radical (unpaired) electrons. The minimum Gasteiger partial charge on any atom is -0.550 e.